The van der Waals surface area contributed by atoms with Crippen molar-refractivity contribution in [2.75, 3.05) is 20.1 Å². The molecule has 2 aliphatic rings. The quantitative estimate of drug-likeness (QED) is 0.742. The van der Waals surface area contributed by atoms with E-state index in [4.69, 9.17) is 4.74 Å². The third-order valence-electron chi connectivity index (χ3n) is 5.49. The summed E-state index contributed by atoms with van der Waals surface area (Å²) in [5.74, 6) is 1.30. The third kappa shape index (κ3) is 3.92. The van der Waals surface area contributed by atoms with Crippen molar-refractivity contribution >= 4 is 6.09 Å². The molecule has 132 valence electrons. The summed E-state index contributed by atoms with van der Waals surface area (Å²) in [7, 11) is 2.20. The zero-order chi connectivity index (χ0) is 16.9. The van der Waals surface area contributed by atoms with Crippen molar-refractivity contribution in [3.63, 3.8) is 0 Å². The van der Waals surface area contributed by atoms with Crippen LogP contribution in [0.1, 0.15) is 75.0 Å². The number of benzene rings is 1. The van der Waals surface area contributed by atoms with Gasteiger partial charge in [0.1, 0.15) is 5.75 Å². The number of fused-ring (bicyclic) bond motifs is 5. The number of likely N-dealkylation sites (tertiary alicyclic amines) is 1. The van der Waals surface area contributed by atoms with E-state index in [1.165, 1.54) is 49.7 Å². The van der Waals surface area contributed by atoms with Crippen LogP contribution in [0, 0.1) is 0 Å². The van der Waals surface area contributed by atoms with Crippen LogP contribution in [0.15, 0.2) is 18.2 Å². The minimum Gasteiger partial charge on any atom is -0.410 e. The van der Waals surface area contributed by atoms with Gasteiger partial charge in [-0.2, -0.15) is 0 Å². The predicted octanol–water partition coefficient (Wildman–Crippen LogP) is 4.61. The largest absolute Gasteiger partial charge is 0.412 e. The van der Waals surface area contributed by atoms with Crippen molar-refractivity contribution in [2.45, 2.75) is 63.8 Å². The summed E-state index contributed by atoms with van der Waals surface area (Å²) < 4.78 is 5.48. The molecule has 4 heteroatoms. The molecule has 4 nitrogen and oxygen atoms in total. The Balaban J connectivity index is 1.49. The molecule has 1 heterocycles. The van der Waals surface area contributed by atoms with Gasteiger partial charge in [-0.05, 0) is 62.0 Å². The number of hydrogen-bond acceptors (Lipinski definition) is 3. The average molecular weight is 330 g/mol. The van der Waals surface area contributed by atoms with E-state index < -0.39 is 0 Å². The Morgan fingerprint density at radius 3 is 2.92 bits per heavy atom. The SMILES string of the molecule is CCCCCCCNC(=O)Oc1ccc2c(c1)[C@@H]1CCN(C)[C@H]2C1. The first-order valence-electron chi connectivity index (χ1n) is 9.48. The second kappa shape index (κ2) is 8.02. The highest BCUT2D eigenvalue weighted by Gasteiger charge is 2.37. The first-order chi connectivity index (χ1) is 11.7. The Kier molecular flexibility index (Phi) is 5.77. The molecule has 0 saturated carbocycles. The number of amides is 1. The Bertz CT molecular complexity index is 573. The molecule has 1 aromatic rings. The number of piperidine rings is 1. The lowest BCUT2D eigenvalue weighted by molar-refractivity contribution is 0.192. The molecule has 0 aromatic heterocycles. The van der Waals surface area contributed by atoms with E-state index in [1.807, 2.05) is 6.07 Å². The van der Waals surface area contributed by atoms with Gasteiger partial charge in [-0.3, -0.25) is 4.90 Å². The van der Waals surface area contributed by atoms with Crippen LogP contribution in [0.3, 0.4) is 0 Å². The van der Waals surface area contributed by atoms with Crippen LogP contribution in [0.25, 0.3) is 0 Å². The first kappa shape index (κ1) is 17.3. The van der Waals surface area contributed by atoms with Gasteiger partial charge < -0.3 is 10.1 Å². The van der Waals surface area contributed by atoms with E-state index >= 15 is 0 Å². The maximum absolute atomic E-state index is 11.9. The van der Waals surface area contributed by atoms with E-state index in [2.05, 4.69) is 36.3 Å². The lowest BCUT2D eigenvalue weighted by Crippen LogP contribution is -2.28. The summed E-state index contributed by atoms with van der Waals surface area (Å²) in [6.07, 6.45) is 8.03. The van der Waals surface area contributed by atoms with Crippen LogP contribution < -0.4 is 10.1 Å². The molecule has 1 amide bonds. The molecule has 0 spiro atoms. The Morgan fingerprint density at radius 1 is 1.25 bits per heavy atom. The van der Waals surface area contributed by atoms with Gasteiger partial charge in [-0.25, -0.2) is 4.79 Å². The lowest BCUT2D eigenvalue weighted by Gasteiger charge is -2.29. The number of rotatable bonds is 7. The van der Waals surface area contributed by atoms with Crippen LogP contribution >= 0.6 is 0 Å². The van der Waals surface area contributed by atoms with E-state index in [1.54, 1.807) is 0 Å². The number of nitrogens with zero attached hydrogens (tertiary/aromatic N) is 1. The van der Waals surface area contributed by atoms with Crippen LogP contribution in [0.2, 0.25) is 0 Å². The van der Waals surface area contributed by atoms with Gasteiger partial charge in [0, 0.05) is 12.6 Å². The maximum Gasteiger partial charge on any atom is 0.412 e. The molecule has 0 radical (unpaired) electrons. The van der Waals surface area contributed by atoms with Gasteiger partial charge in [0.05, 0.1) is 0 Å². The monoisotopic (exact) mass is 330 g/mol. The molecule has 24 heavy (non-hydrogen) atoms. The van der Waals surface area contributed by atoms with E-state index in [0.717, 1.165) is 13.0 Å². The minimum absolute atomic E-state index is 0.330. The molecule has 2 atom stereocenters. The fourth-order valence-electron chi connectivity index (χ4n) is 4.06. The maximum atomic E-state index is 11.9. The fourth-order valence-corrected chi connectivity index (χ4v) is 4.06. The summed E-state index contributed by atoms with van der Waals surface area (Å²) in [6.45, 7) is 4.06. The number of nitrogens with one attached hydrogen (secondary N) is 1. The Hall–Kier alpha value is -1.55. The highest BCUT2D eigenvalue weighted by molar-refractivity contribution is 5.70. The average Bonchev–Trinajstić information content (AvgIpc) is 2.88. The Morgan fingerprint density at radius 2 is 2.08 bits per heavy atom. The van der Waals surface area contributed by atoms with Crippen molar-refractivity contribution in [1.29, 1.82) is 0 Å². The molecule has 2 bridgehead atoms. The Labute approximate surface area is 145 Å². The summed E-state index contributed by atoms with van der Waals surface area (Å²) in [6, 6.07) is 6.72. The minimum atomic E-state index is -0.330. The molecule has 1 aliphatic heterocycles. The molecule has 1 fully saturated rings. The summed E-state index contributed by atoms with van der Waals surface area (Å²) in [4.78, 5) is 14.4. The van der Waals surface area contributed by atoms with Crippen molar-refractivity contribution in [1.82, 2.24) is 10.2 Å². The standard InChI is InChI=1S/C20H30N2O2/c1-3-4-5-6-7-11-21-20(23)24-16-8-9-17-18(14-16)15-10-12-22(2)19(17)13-15/h8-9,14-15,19H,3-7,10-13H2,1-2H3,(H,21,23)/t15-,19+/m1/s1. The predicted molar refractivity (Wildman–Crippen MR) is 96.6 cm³/mol. The number of hydrogen-bond donors (Lipinski definition) is 1. The lowest BCUT2D eigenvalue weighted by atomic mass is 9.96. The second-order valence-corrected chi connectivity index (χ2v) is 7.24. The summed E-state index contributed by atoms with van der Waals surface area (Å²) >= 11 is 0. The molecule has 0 unspecified atom stereocenters. The molecule has 1 aliphatic carbocycles. The molecule has 1 saturated heterocycles. The first-order valence-corrected chi connectivity index (χ1v) is 9.48. The summed E-state index contributed by atoms with van der Waals surface area (Å²) in [5.41, 5.74) is 2.80. The van der Waals surface area contributed by atoms with Gasteiger partial charge in [-0.15, -0.1) is 0 Å². The third-order valence-corrected chi connectivity index (χ3v) is 5.49. The van der Waals surface area contributed by atoms with Crippen LogP contribution in [-0.4, -0.2) is 31.1 Å². The zero-order valence-corrected chi connectivity index (χ0v) is 15.0. The molecule has 1 N–H and O–H groups in total. The van der Waals surface area contributed by atoms with Gasteiger partial charge in [-0.1, -0.05) is 38.7 Å². The van der Waals surface area contributed by atoms with Crippen molar-refractivity contribution in [3.8, 4) is 5.75 Å². The fraction of sp³-hybridized carbons (Fsp3) is 0.650. The number of unbranched alkanes of at least 4 members (excludes halogenated alkanes) is 4. The topological polar surface area (TPSA) is 41.6 Å². The van der Waals surface area contributed by atoms with Gasteiger partial charge >= 0.3 is 6.09 Å². The van der Waals surface area contributed by atoms with E-state index in [0.29, 0.717) is 24.3 Å². The van der Waals surface area contributed by atoms with Crippen molar-refractivity contribution in [2.24, 2.45) is 0 Å². The summed E-state index contributed by atoms with van der Waals surface area (Å²) in [5, 5.41) is 2.86. The highest BCUT2D eigenvalue weighted by Crippen LogP contribution is 2.49. The van der Waals surface area contributed by atoms with Crippen LogP contribution in [-0.2, 0) is 0 Å². The van der Waals surface area contributed by atoms with Gasteiger partial charge in [0.25, 0.3) is 0 Å². The zero-order valence-electron chi connectivity index (χ0n) is 15.0. The number of carbonyl (C=O) groups excluding carboxylic acids is 1. The molecule has 1 aromatic carbocycles. The molecular formula is C20H30N2O2. The van der Waals surface area contributed by atoms with Crippen molar-refractivity contribution in [3.05, 3.63) is 29.3 Å². The second-order valence-electron chi connectivity index (χ2n) is 7.24. The van der Waals surface area contributed by atoms with Crippen LogP contribution in [0.5, 0.6) is 5.75 Å². The normalized spacial score (nSPS) is 22.2. The van der Waals surface area contributed by atoms with Gasteiger partial charge in [0.15, 0.2) is 0 Å². The molecule has 3 rings (SSSR count). The van der Waals surface area contributed by atoms with Crippen molar-refractivity contribution < 1.29 is 9.53 Å². The van der Waals surface area contributed by atoms with E-state index in [-0.39, 0.29) is 6.09 Å². The number of carbonyl (C=O) groups is 1. The smallest absolute Gasteiger partial charge is 0.410 e. The number of ether oxygens (including phenoxy) is 1. The highest BCUT2D eigenvalue weighted by atomic mass is 16.6. The molecular weight excluding hydrogens is 300 g/mol. The van der Waals surface area contributed by atoms with Crippen LogP contribution in [0.4, 0.5) is 4.79 Å². The van der Waals surface area contributed by atoms with Gasteiger partial charge in [0.2, 0.25) is 0 Å². The van der Waals surface area contributed by atoms with E-state index in [9.17, 15) is 4.79 Å².